The van der Waals surface area contributed by atoms with Crippen LogP contribution in [0.3, 0.4) is 0 Å². The van der Waals surface area contributed by atoms with Gasteiger partial charge in [0, 0.05) is 13.5 Å². The van der Waals surface area contributed by atoms with Gasteiger partial charge in [-0.1, -0.05) is 13.8 Å². The van der Waals surface area contributed by atoms with Gasteiger partial charge in [0.2, 0.25) is 0 Å². The lowest BCUT2D eigenvalue weighted by Crippen LogP contribution is -2.29. The minimum absolute atomic E-state index is 0.0781. The lowest BCUT2D eigenvalue weighted by molar-refractivity contribution is -0.114. The molecular weight excluding hydrogens is 154 g/mol. The van der Waals surface area contributed by atoms with Gasteiger partial charge in [-0.3, -0.25) is 4.79 Å². The van der Waals surface area contributed by atoms with E-state index in [2.05, 4.69) is 29.7 Å². The molecule has 1 unspecified atom stereocenters. The van der Waals surface area contributed by atoms with Gasteiger partial charge >= 0.3 is 0 Å². The summed E-state index contributed by atoms with van der Waals surface area (Å²) >= 11 is 0. The molecule has 0 spiro atoms. The monoisotopic (exact) mass is 169 g/mol. The largest absolute Gasteiger partial charge is 0.354 e. The molecule has 1 rings (SSSR count). The molecule has 12 heavy (non-hydrogen) atoms. The Balaban J connectivity index is 2.48. The molecule has 0 aliphatic carbocycles. The lowest BCUT2D eigenvalue weighted by atomic mass is 10.0. The van der Waals surface area contributed by atoms with Crippen LogP contribution in [0.5, 0.6) is 0 Å². The molecule has 0 saturated carbocycles. The van der Waals surface area contributed by atoms with Crippen molar-refractivity contribution in [2.75, 3.05) is 7.05 Å². The zero-order valence-corrected chi connectivity index (χ0v) is 7.72. The smallest absolute Gasteiger partial charge is 0.267 e. The fourth-order valence-corrected chi connectivity index (χ4v) is 1.13. The maximum absolute atomic E-state index is 11.1. The standard InChI is InChI=1S/C8H15N3O/c1-5(2)6-4-7(11-10-6)8(12)9-3/h5-6,10H,4H2,1-3H3,(H,9,12). The number of hydrogen-bond donors (Lipinski definition) is 2. The van der Waals surface area contributed by atoms with Crippen molar-refractivity contribution < 1.29 is 4.79 Å². The van der Waals surface area contributed by atoms with E-state index in [-0.39, 0.29) is 5.91 Å². The maximum Gasteiger partial charge on any atom is 0.267 e. The van der Waals surface area contributed by atoms with Crippen LogP contribution in [-0.2, 0) is 4.79 Å². The predicted molar refractivity (Wildman–Crippen MR) is 47.9 cm³/mol. The van der Waals surface area contributed by atoms with Crippen LogP contribution in [0, 0.1) is 5.92 Å². The molecule has 68 valence electrons. The van der Waals surface area contributed by atoms with E-state index in [0.717, 1.165) is 6.42 Å². The minimum Gasteiger partial charge on any atom is -0.354 e. The Morgan fingerprint density at radius 1 is 1.75 bits per heavy atom. The van der Waals surface area contributed by atoms with Gasteiger partial charge in [0.15, 0.2) is 0 Å². The Morgan fingerprint density at radius 3 is 2.83 bits per heavy atom. The molecule has 4 heteroatoms. The second kappa shape index (κ2) is 3.56. The summed E-state index contributed by atoms with van der Waals surface area (Å²) < 4.78 is 0. The van der Waals surface area contributed by atoms with E-state index < -0.39 is 0 Å². The van der Waals surface area contributed by atoms with Crippen molar-refractivity contribution in [2.45, 2.75) is 26.3 Å². The van der Waals surface area contributed by atoms with E-state index in [1.807, 2.05) is 0 Å². The molecule has 2 N–H and O–H groups in total. The van der Waals surface area contributed by atoms with Gasteiger partial charge in [-0.05, 0) is 5.92 Å². The summed E-state index contributed by atoms with van der Waals surface area (Å²) in [6, 6.07) is 0.317. The minimum atomic E-state index is -0.0781. The Hall–Kier alpha value is -1.06. The number of hydrogen-bond acceptors (Lipinski definition) is 3. The molecule has 0 saturated heterocycles. The van der Waals surface area contributed by atoms with Crippen LogP contribution in [0.25, 0.3) is 0 Å². The summed E-state index contributed by atoms with van der Waals surface area (Å²) in [5.74, 6) is 0.432. The zero-order chi connectivity index (χ0) is 9.14. The fraction of sp³-hybridized carbons (Fsp3) is 0.750. The predicted octanol–water partition coefficient (Wildman–Crippen LogP) is 0.106. The summed E-state index contributed by atoms with van der Waals surface area (Å²) in [6.07, 6.45) is 0.733. The van der Waals surface area contributed by atoms with E-state index in [0.29, 0.717) is 17.7 Å². The number of rotatable bonds is 2. The fourth-order valence-electron chi connectivity index (χ4n) is 1.13. The summed E-state index contributed by atoms with van der Waals surface area (Å²) in [6.45, 7) is 4.22. The second-order valence-corrected chi connectivity index (χ2v) is 3.32. The summed E-state index contributed by atoms with van der Waals surface area (Å²) in [7, 11) is 1.62. The molecule has 1 aliphatic heterocycles. The molecular formula is C8H15N3O. The molecule has 1 atom stereocenters. The molecule has 0 aromatic rings. The van der Waals surface area contributed by atoms with Gasteiger partial charge in [-0.25, -0.2) is 0 Å². The van der Waals surface area contributed by atoms with E-state index in [9.17, 15) is 4.79 Å². The summed E-state index contributed by atoms with van der Waals surface area (Å²) in [5.41, 5.74) is 3.56. The molecule has 0 aromatic carbocycles. The highest BCUT2D eigenvalue weighted by molar-refractivity contribution is 6.39. The van der Waals surface area contributed by atoms with Crippen molar-refractivity contribution in [3.05, 3.63) is 0 Å². The zero-order valence-electron chi connectivity index (χ0n) is 7.72. The van der Waals surface area contributed by atoms with Gasteiger partial charge in [0.05, 0.1) is 6.04 Å². The van der Waals surface area contributed by atoms with Crippen LogP contribution in [0.1, 0.15) is 20.3 Å². The van der Waals surface area contributed by atoms with Crippen LogP contribution in [0.2, 0.25) is 0 Å². The summed E-state index contributed by atoms with van der Waals surface area (Å²) in [4.78, 5) is 11.1. The molecule has 1 amide bonds. The van der Waals surface area contributed by atoms with Crippen molar-refractivity contribution in [3.63, 3.8) is 0 Å². The van der Waals surface area contributed by atoms with E-state index in [1.165, 1.54) is 0 Å². The highest BCUT2D eigenvalue weighted by Gasteiger charge is 2.24. The third-order valence-electron chi connectivity index (χ3n) is 2.07. The van der Waals surface area contributed by atoms with Gasteiger partial charge in [-0.2, -0.15) is 5.10 Å². The number of nitrogens with one attached hydrogen (secondary N) is 2. The van der Waals surface area contributed by atoms with Crippen molar-refractivity contribution in [1.82, 2.24) is 10.7 Å². The third-order valence-corrected chi connectivity index (χ3v) is 2.07. The van der Waals surface area contributed by atoms with Gasteiger partial charge in [0.25, 0.3) is 5.91 Å². The third kappa shape index (κ3) is 1.75. The highest BCUT2D eigenvalue weighted by Crippen LogP contribution is 2.11. The van der Waals surface area contributed by atoms with Crippen molar-refractivity contribution >= 4 is 11.6 Å². The lowest BCUT2D eigenvalue weighted by Gasteiger charge is -2.12. The van der Waals surface area contributed by atoms with Crippen LogP contribution in [-0.4, -0.2) is 24.7 Å². The van der Waals surface area contributed by atoms with Crippen molar-refractivity contribution in [3.8, 4) is 0 Å². The average molecular weight is 169 g/mol. The van der Waals surface area contributed by atoms with Crippen LogP contribution in [0.4, 0.5) is 0 Å². The molecule has 0 aromatic heterocycles. The van der Waals surface area contributed by atoms with E-state index in [1.54, 1.807) is 7.05 Å². The first kappa shape index (κ1) is 9.03. The molecule has 1 heterocycles. The van der Waals surface area contributed by atoms with Crippen LogP contribution >= 0.6 is 0 Å². The first-order valence-corrected chi connectivity index (χ1v) is 4.19. The first-order valence-electron chi connectivity index (χ1n) is 4.19. The number of amides is 1. The Morgan fingerprint density at radius 2 is 2.42 bits per heavy atom. The first-order chi connectivity index (χ1) is 5.65. The second-order valence-electron chi connectivity index (χ2n) is 3.32. The van der Waals surface area contributed by atoms with Gasteiger partial charge in [0.1, 0.15) is 5.71 Å². The Bertz CT molecular complexity index is 210. The quantitative estimate of drug-likeness (QED) is 0.616. The topological polar surface area (TPSA) is 53.5 Å². The highest BCUT2D eigenvalue weighted by atomic mass is 16.1. The average Bonchev–Trinajstić information content (AvgIpc) is 2.51. The summed E-state index contributed by atoms with van der Waals surface area (Å²) in [5, 5.41) is 6.52. The number of carbonyl (C=O) groups is 1. The van der Waals surface area contributed by atoms with Crippen molar-refractivity contribution in [1.29, 1.82) is 0 Å². The molecule has 1 aliphatic rings. The number of carbonyl (C=O) groups excluding carboxylic acids is 1. The maximum atomic E-state index is 11.1. The Labute approximate surface area is 72.4 Å². The molecule has 0 radical (unpaired) electrons. The van der Waals surface area contributed by atoms with Crippen LogP contribution in [0.15, 0.2) is 5.10 Å². The van der Waals surface area contributed by atoms with E-state index in [4.69, 9.17) is 0 Å². The SMILES string of the molecule is CNC(=O)C1=NNC(C(C)C)C1. The molecule has 0 fully saturated rings. The Kier molecular flexibility index (Phi) is 2.68. The van der Waals surface area contributed by atoms with Crippen LogP contribution < -0.4 is 10.7 Å². The van der Waals surface area contributed by atoms with Crippen molar-refractivity contribution in [2.24, 2.45) is 11.0 Å². The molecule has 4 nitrogen and oxygen atoms in total. The van der Waals surface area contributed by atoms with E-state index >= 15 is 0 Å². The normalized spacial score (nSPS) is 22.0. The van der Waals surface area contributed by atoms with Gasteiger partial charge in [-0.15, -0.1) is 0 Å². The molecule has 0 bridgehead atoms. The number of nitrogens with zero attached hydrogens (tertiary/aromatic N) is 1. The van der Waals surface area contributed by atoms with Gasteiger partial charge < -0.3 is 10.7 Å². The number of hydrazone groups is 1.